The highest BCUT2D eigenvalue weighted by Gasteiger charge is 2.46. The number of alkyl halides is 3. The van der Waals surface area contributed by atoms with Crippen LogP contribution in [0.4, 0.5) is 19.1 Å². The van der Waals surface area contributed by atoms with Crippen LogP contribution in [0.25, 0.3) is 27.7 Å². The Hall–Kier alpha value is -3.63. The second-order valence-electron chi connectivity index (χ2n) is 9.25. The standard InChI is InChI=1S/C23H24F3N7O/c1-22(2,24)11-29-20(34)17-10-31-33-6-5-13(7-18(17)33)15-8-27-19-16(15)9-28-21(32-19)30-12-23(25,26)14-3-4-14/h5-10,14H,3-4,11-12H2,1-2H3,(H,29,34)(H2,27,28,30,32). The molecule has 4 heterocycles. The summed E-state index contributed by atoms with van der Waals surface area (Å²) in [6.45, 7) is 2.16. The molecule has 1 fully saturated rings. The number of carbonyl (C=O) groups excluding carboxylic acids is 1. The molecular weight excluding hydrogens is 447 g/mol. The minimum Gasteiger partial charge on any atom is -0.349 e. The smallest absolute Gasteiger partial charge is 0.267 e. The summed E-state index contributed by atoms with van der Waals surface area (Å²) in [6, 6.07) is 3.63. The number of anilines is 1. The summed E-state index contributed by atoms with van der Waals surface area (Å²) in [4.78, 5) is 24.2. The van der Waals surface area contributed by atoms with Crippen molar-refractivity contribution < 1.29 is 18.0 Å². The van der Waals surface area contributed by atoms with E-state index in [0.717, 1.165) is 11.1 Å². The maximum atomic E-state index is 14.0. The number of hydrogen-bond donors (Lipinski definition) is 3. The van der Waals surface area contributed by atoms with Gasteiger partial charge in [0.05, 0.1) is 30.4 Å². The summed E-state index contributed by atoms with van der Waals surface area (Å²) in [6.07, 6.45) is 7.57. The third-order valence-corrected chi connectivity index (χ3v) is 5.84. The zero-order chi connectivity index (χ0) is 24.1. The van der Waals surface area contributed by atoms with E-state index >= 15 is 0 Å². The summed E-state index contributed by atoms with van der Waals surface area (Å²) in [5.74, 6) is -3.63. The highest BCUT2D eigenvalue weighted by Crippen LogP contribution is 2.43. The number of aromatic nitrogens is 5. The van der Waals surface area contributed by atoms with E-state index in [1.54, 1.807) is 29.2 Å². The summed E-state index contributed by atoms with van der Waals surface area (Å²) in [5.41, 5.74) is 1.41. The Kier molecular flexibility index (Phi) is 5.22. The minimum atomic E-state index is -2.77. The molecule has 4 aromatic heterocycles. The molecule has 0 radical (unpaired) electrons. The molecule has 0 aromatic carbocycles. The second-order valence-corrected chi connectivity index (χ2v) is 9.25. The van der Waals surface area contributed by atoms with Crippen molar-refractivity contribution in [2.24, 2.45) is 5.92 Å². The zero-order valence-electron chi connectivity index (χ0n) is 18.7. The van der Waals surface area contributed by atoms with E-state index in [-0.39, 0.29) is 12.5 Å². The lowest BCUT2D eigenvalue weighted by atomic mass is 10.1. The van der Waals surface area contributed by atoms with Crippen molar-refractivity contribution in [3.05, 3.63) is 42.5 Å². The Bertz CT molecular complexity index is 1370. The van der Waals surface area contributed by atoms with Gasteiger partial charge in [-0.15, -0.1) is 0 Å². The number of carbonyl (C=O) groups is 1. The van der Waals surface area contributed by atoms with Gasteiger partial charge in [0.15, 0.2) is 0 Å². The fraction of sp³-hybridized carbons (Fsp3) is 0.391. The van der Waals surface area contributed by atoms with E-state index in [2.05, 4.69) is 30.7 Å². The zero-order valence-corrected chi connectivity index (χ0v) is 18.7. The number of hydrogen-bond acceptors (Lipinski definition) is 5. The number of nitrogens with one attached hydrogen (secondary N) is 3. The van der Waals surface area contributed by atoms with Gasteiger partial charge in [-0.1, -0.05) is 0 Å². The molecule has 3 N–H and O–H groups in total. The van der Waals surface area contributed by atoms with Crippen LogP contribution >= 0.6 is 0 Å². The van der Waals surface area contributed by atoms with E-state index in [0.29, 0.717) is 35.0 Å². The molecule has 1 amide bonds. The van der Waals surface area contributed by atoms with E-state index in [9.17, 15) is 18.0 Å². The van der Waals surface area contributed by atoms with Gasteiger partial charge in [0.25, 0.3) is 11.8 Å². The van der Waals surface area contributed by atoms with Crippen molar-refractivity contribution in [1.29, 1.82) is 0 Å². The SMILES string of the molecule is CC(C)(F)CNC(=O)c1cnn2ccc(-c3c[nH]c4nc(NCC(F)(F)C5CC5)ncc34)cc12. The van der Waals surface area contributed by atoms with Gasteiger partial charge in [-0.2, -0.15) is 10.1 Å². The largest absolute Gasteiger partial charge is 0.349 e. The van der Waals surface area contributed by atoms with Crippen molar-refractivity contribution in [2.45, 2.75) is 38.3 Å². The highest BCUT2D eigenvalue weighted by atomic mass is 19.3. The van der Waals surface area contributed by atoms with Crippen LogP contribution in [-0.2, 0) is 0 Å². The molecule has 4 aromatic rings. The fourth-order valence-electron chi connectivity index (χ4n) is 3.79. The molecule has 11 heteroatoms. The lowest BCUT2D eigenvalue weighted by Crippen LogP contribution is -2.35. The molecule has 178 valence electrons. The van der Waals surface area contributed by atoms with Crippen molar-refractivity contribution in [3.63, 3.8) is 0 Å². The van der Waals surface area contributed by atoms with Gasteiger partial charge >= 0.3 is 0 Å². The summed E-state index contributed by atoms with van der Waals surface area (Å²) in [7, 11) is 0. The molecular formula is C23H24F3N7O. The number of amides is 1. The van der Waals surface area contributed by atoms with E-state index < -0.39 is 30.0 Å². The normalized spacial score (nSPS) is 14.6. The van der Waals surface area contributed by atoms with Crippen LogP contribution in [0.1, 0.15) is 37.0 Å². The van der Waals surface area contributed by atoms with Gasteiger partial charge in [-0.05, 0) is 44.4 Å². The average Bonchev–Trinajstić information content (AvgIpc) is 3.45. The van der Waals surface area contributed by atoms with Crippen LogP contribution in [0.2, 0.25) is 0 Å². The van der Waals surface area contributed by atoms with Crippen LogP contribution in [-0.4, -0.2) is 55.2 Å². The maximum Gasteiger partial charge on any atom is 0.267 e. The molecule has 5 rings (SSSR count). The van der Waals surface area contributed by atoms with Gasteiger partial charge in [0.2, 0.25) is 5.95 Å². The topological polar surface area (TPSA) is 100 Å². The van der Waals surface area contributed by atoms with Crippen LogP contribution < -0.4 is 10.6 Å². The van der Waals surface area contributed by atoms with Crippen LogP contribution in [0, 0.1) is 5.92 Å². The van der Waals surface area contributed by atoms with Crippen LogP contribution in [0.15, 0.2) is 36.9 Å². The average molecular weight is 471 g/mol. The number of fused-ring (bicyclic) bond motifs is 2. The first kappa shape index (κ1) is 22.2. The Morgan fingerprint density at radius 2 is 2.03 bits per heavy atom. The minimum absolute atomic E-state index is 0.119. The third-order valence-electron chi connectivity index (χ3n) is 5.84. The van der Waals surface area contributed by atoms with Crippen LogP contribution in [0.3, 0.4) is 0 Å². The summed E-state index contributed by atoms with van der Waals surface area (Å²) < 4.78 is 43.2. The molecule has 1 saturated carbocycles. The van der Waals surface area contributed by atoms with E-state index in [4.69, 9.17) is 0 Å². The molecule has 0 unspecified atom stereocenters. The van der Waals surface area contributed by atoms with Gasteiger partial charge in [-0.25, -0.2) is 22.7 Å². The monoisotopic (exact) mass is 471 g/mol. The van der Waals surface area contributed by atoms with Crippen molar-refractivity contribution >= 4 is 28.4 Å². The summed E-state index contributed by atoms with van der Waals surface area (Å²) >= 11 is 0. The lowest BCUT2D eigenvalue weighted by Gasteiger charge is -2.15. The number of pyridine rings is 1. The predicted molar refractivity (Wildman–Crippen MR) is 122 cm³/mol. The molecule has 0 bridgehead atoms. The van der Waals surface area contributed by atoms with Gasteiger partial charge in [0.1, 0.15) is 11.3 Å². The van der Waals surface area contributed by atoms with E-state index in [1.807, 2.05) is 6.07 Å². The highest BCUT2D eigenvalue weighted by molar-refractivity contribution is 6.02. The fourth-order valence-corrected chi connectivity index (χ4v) is 3.79. The molecule has 34 heavy (non-hydrogen) atoms. The first-order valence-electron chi connectivity index (χ1n) is 11.0. The van der Waals surface area contributed by atoms with Crippen molar-refractivity contribution in [1.82, 2.24) is 29.9 Å². The molecule has 8 nitrogen and oxygen atoms in total. The predicted octanol–water partition coefficient (Wildman–Crippen LogP) is 4.21. The quantitative estimate of drug-likeness (QED) is 0.358. The van der Waals surface area contributed by atoms with E-state index in [1.165, 1.54) is 20.0 Å². The van der Waals surface area contributed by atoms with Gasteiger partial charge in [-0.3, -0.25) is 4.79 Å². The number of nitrogens with zero attached hydrogens (tertiary/aromatic N) is 4. The Morgan fingerprint density at radius 3 is 2.76 bits per heavy atom. The maximum absolute atomic E-state index is 14.0. The molecule has 0 saturated heterocycles. The number of halogens is 3. The molecule has 0 aliphatic heterocycles. The molecule has 1 aliphatic rings. The van der Waals surface area contributed by atoms with Gasteiger partial charge in [0, 0.05) is 35.5 Å². The molecule has 1 aliphatic carbocycles. The number of aromatic amines is 1. The lowest BCUT2D eigenvalue weighted by molar-refractivity contribution is -0.00832. The number of rotatable bonds is 8. The van der Waals surface area contributed by atoms with Crippen LogP contribution in [0.5, 0.6) is 0 Å². The Labute approximate surface area is 193 Å². The Morgan fingerprint density at radius 1 is 1.24 bits per heavy atom. The first-order valence-corrected chi connectivity index (χ1v) is 11.0. The van der Waals surface area contributed by atoms with Crippen molar-refractivity contribution in [2.75, 3.05) is 18.4 Å². The summed E-state index contributed by atoms with van der Waals surface area (Å²) in [5, 5.41) is 10.1. The molecule has 0 atom stereocenters. The van der Waals surface area contributed by atoms with Gasteiger partial charge < -0.3 is 15.6 Å². The van der Waals surface area contributed by atoms with Crippen molar-refractivity contribution in [3.8, 4) is 11.1 Å². The first-order chi connectivity index (χ1) is 16.1. The molecule has 0 spiro atoms. The number of H-pyrrole nitrogens is 1. The third kappa shape index (κ3) is 4.42. The second kappa shape index (κ2) is 8.00. The Balaban J connectivity index is 1.40.